The molecule has 0 unspecified atom stereocenters. The Morgan fingerprint density at radius 2 is 2.19 bits per heavy atom. The molecule has 0 saturated carbocycles. The van der Waals surface area contributed by atoms with Crippen LogP contribution in [0.5, 0.6) is 0 Å². The smallest absolute Gasteiger partial charge is 0.233 e. The Labute approximate surface area is 164 Å². The second kappa shape index (κ2) is 7.58. The molecule has 0 radical (unpaired) electrons. The average molecular weight is 401 g/mol. The molecule has 0 aliphatic carbocycles. The molecular formula is C18H17ClN6OS. The molecule has 0 aliphatic rings. The number of amides is 1. The van der Waals surface area contributed by atoms with Gasteiger partial charge in [-0.05, 0) is 37.1 Å². The number of rotatable bonds is 6. The van der Waals surface area contributed by atoms with Gasteiger partial charge in [0.05, 0.1) is 11.6 Å². The molecule has 0 bridgehead atoms. The molecule has 27 heavy (non-hydrogen) atoms. The Hall–Kier alpha value is -2.58. The monoisotopic (exact) mass is 400 g/mol. The normalized spacial score (nSPS) is 12.5. The summed E-state index contributed by atoms with van der Waals surface area (Å²) in [7, 11) is 0. The third kappa shape index (κ3) is 3.77. The van der Waals surface area contributed by atoms with E-state index in [-0.39, 0.29) is 11.2 Å². The Bertz CT molecular complexity index is 1110. The predicted octanol–water partition coefficient (Wildman–Crippen LogP) is 3.33. The van der Waals surface area contributed by atoms with E-state index in [0.717, 1.165) is 28.4 Å². The van der Waals surface area contributed by atoms with Gasteiger partial charge in [-0.2, -0.15) is 0 Å². The van der Waals surface area contributed by atoms with E-state index in [4.69, 9.17) is 11.6 Å². The zero-order valence-electron chi connectivity index (χ0n) is 14.5. The summed E-state index contributed by atoms with van der Waals surface area (Å²) in [6.45, 7) is 2.40. The summed E-state index contributed by atoms with van der Waals surface area (Å²) in [6.07, 6.45) is 5.71. The largest absolute Gasteiger partial charge is 0.361 e. The first kappa shape index (κ1) is 17.8. The molecule has 1 amide bonds. The number of H-pyrrole nitrogens is 2. The van der Waals surface area contributed by atoms with Gasteiger partial charge in [-0.3, -0.25) is 4.79 Å². The van der Waals surface area contributed by atoms with E-state index in [9.17, 15) is 4.79 Å². The number of halogens is 1. The third-order valence-electron chi connectivity index (χ3n) is 4.27. The summed E-state index contributed by atoms with van der Waals surface area (Å²) < 4.78 is 0. The van der Waals surface area contributed by atoms with Crippen molar-refractivity contribution in [3.63, 3.8) is 0 Å². The van der Waals surface area contributed by atoms with E-state index in [2.05, 4.69) is 30.2 Å². The Kier molecular flexibility index (Phi) is 5.00. The van der Waals surface area contributed by atoms with E-state index in [1.54, 1.807) is 6.33 Å². The maximum absolute atomic E-state index is 12.4. The van der Waals surface area contributed by atoms with Crippen molar-refractivity contribution < 1.29 is 4.79 Å². The minimum atomic E-state index is -0.288. The fourth-order valence-corrected chi connectivity index (χ4v) is 3.95. The summed E-state index contributed by atoms with van der Waals surface area (Å²) in [6, 6.07) is 5.75. The number of fused-ring (bicyclic) bond motifs is 2. The van der Waals surface area contributed by atoms with Crippen molar-refractivity contribution >= 4 is 51.3 Å². The van der Waals surface area contributed by atoms with Crippen molar-refractivity contribution in [1.29, 1.82) is 0 Å². The van der Waals surface area contributed by atoms with E-state index >= 15 is 0 Å². The van der Waals surface area contributed by atoms with Crippen LogP contribution in [0.3, 0.4) is 0 Å². The van der Waals surface area contributed by atoms with E-state index in [1.807, 2.05) is 31.3 Å². The summed E-state index contributed by atoms with van der Waals surface area (Å²) in [5.41, 5.74) is 3.51. The molecule has 138 valence electrons. The number of carbonyl (C=O) groups is 1. The van der Waals surface area contributed by atoms with Crippen molar-refractivity contribution in [3.05, 3.63) is 47.6 Å². The lowest BCUT2D eigenvalue weighted by Crippen LogP contribution is -2.32. The first-order valence-corrected chi connectivity index (χ1v) is 9.71. The number of nitrogens with one attached hydrogen (secondary N) is 3. The zero-order valence-corrected chi connectivity index (χ0v) is 16.1. The number of hydrogen-bond acceptors (Lipinski definition) is 5. The lowest BCUT2D eigenvalue weighted by molar-refractivity contribution is -0.120. The van der Waals surface area contributed by atoms with Gasteiger partial charge in [0.2, 0.25) is 5.91 Å². The van der Waals surface area contributed by atoms with Gasteiger partial charge in [0, 0.05) is 28.7 Å². The number of carbonyl (C=O) groups excluding carboxylic acids is 1. The molecule has 0 aliphatic heterocycles. The number of aromatic amines is 2. The zero-order chi connectivity index (χ0) is 18.8. The third-order valence-corrected chi connectivity index (χ3v) is 5.60. The van der Waals surface area contributed by atoms with Gasteiger partial charge < -0.3 is 15.3 Å². The fraction of sp³-hybridized carbons (Fsp3) is 0.222. The molecule has 0 saturated heterocycles. The van der Waals surface area contributed by atoms with Crippen LogP contribution >= 0.6 is 23.4 Å². The average Bonchev–Trinajstić information content (AvgIpc) is 3.29. The molecule has 9 heteroatoms. The summed E-state index contributed by atoms with van der Waals surface area (Å²) in [4.78, 5) is 31.1. The van der Waals surface area contributed by atoms with Crippen LogP contribution in [0, 0.1) is 0 Å². The minimum absolute atomic E-state index is 0.0378. The van der Waals surface area contributed by atoms with Crippen molar-refractivity contribution in [2.45, 2.75) is 23.6 Å². The molecule has 7 nitrogen and oxygen atoms in total. The number of nitrogens with zero attached hydrogens (tertiary/aromatic N) is 3. The Morgan fingerprint density at radius 1 is 1.30 bits per heavy atom. The number of thioether (sulfide) groups is 1. The molecule has 4 aromatic rings. The first-order valence-electron chi connectivity index (χ1n) is 8.46. The van der Waals surface area contributed by atoms with Crippen LogP contribution in [-0.4, -0.2) is 42.6 Å². The SMILES string of the molecule is C[C@H](Sc1ncnc2nc[nH]c12)C(=O)NCCc1c[nH]c2ccc(Cl)cc12. The highest BCUT2D eigenvalue weighted by molar-refractivity contribution is 8.00. The van der Waals surface area contributed by atoms with Crippen LogP contribution in [0.15, 0.2) is 42.1 Å². The lowest BCUT2D eigenvalue weighted by Gasteiger charge is -2.11. The van der Waals surface area contributed by atoms with Crippen LogP contribution in [0.4, 0.5) is 0 Å². The number of hydrogen-bond donors (Lipinski definition) is 3. The summed E-state index contributed by atoms with van der Waals surface area (Å²) in [5.74, 6) is -0.0378. The minimum Gasteiger partial charge on any atom is -0.361 e. The van der Waals surface area contributed by atoms with Gasteiger partial charge in [0.15, 0.2) is 5.65 Å². The molecular weight excluding hydrogens is 384 g/mol. The standard InChI is InChI=1S/C18H17ClN6OS/c1-10(27-18-15-16(23-8-22-15)24-9-25-18)17(26)20-5-4-11-7-21-14-3-2-12(19)6-13(11)14/h2-3,6-10,21H,4-5H2,1H3,(H,20,26)(H,22,23,24,25)/t10-/m0/s1. The van der Waals surface area contributed by atoms with E-state index < -0.39 is 0 Å². The highest BCUT2D eigenvalue weighted by Gasteiger charge is 2.17. The topological polar surface area (TPSA) is 99.3 Å². The molecule has 3 heterocycles. The van der Waals surface area contributed by atoms with Gasteiger partial charge in [0.1, 0.15) is 16.9 Å². The Morgan fingerprint density at radius 3 is 3.07 bits per heavy atom. The number of imidazole rings is 1. The molecule has 0 spiro atoms. The number of benzene rings is 1. The maximum Gasteiger partial charge on any atom is 0.233 e. The van der Waals surface area contributed by atoms with E-state index in [0.29, 0.717) is 22.2 Å². The Balaban J connectivity index is 1.36. The van der Waals surface area contributed by atoms with Gasteiger partial charge in [0.25, 0.3) is 0 Å². The van der Waals surface area contributed by atoms with Crippen LogP contribution in [0.1, 0.15) is 12.5 Å². The predicted molar refractivity (Wildman–Crippen MR) is 107 cm³/mol. The quantitative estimate of drug-likeness (QED) is 0.340. The molecule has 1 aromatic carbocycles. The molecule has 3 aromatic heterocycles. The van der Waals surface area contributed by atoms with Crippen LogP contribution in [0.2, 0.25) is 5.02 Å². The molecule has 3 N–H and O–H groups in total. The van der Waals surface area contributed by atoms with Gasteiger partial charge >= 0.3 is 0 Å². The van der Waals surface area contributed by atoms with Gasteiger partial charge in [-0.25, -0.2) is 15.0 Å². The van der Waals surface area contributed by atoms with Crippen molar-refractivity contribution in [1.82, 2.24) is 30.2 Å². The lowest BCUT2D eigenvalue weighted by atomic mass is 10.1. The van der Waals surface area contributed by atoms with Crippen LogP contribution < -0.4 is 5.32 Å². The second-order valence-corrected chi connectivity index (χ2v) is 7.85. The van der Waals surface area contributed by atoms with E-state index in [1.165, 1.54) is 18.1 Å². The van der Waals surface area contributed by atoms with Crippen LogP contribution in [0.25, 0.3) is 22.1 Å². The summed E-state index contributed by atoms with van der Waals surface area (Å²) >= 11 is 7.46. The second-order valence-electron chi connectivity index (χ2n) is 6.08. The van der Waals surface area contributed by atoms with Crippen molar-refractivity contribution in [2.75, 3.05) is 6.54 Å². The highest BCUT2D eigenvalue weighted by atomic mass is 35.5. The van der Waals surface area contributed by atoms with Crippen molar-refractivity contribution in [3.8, 4) is 0 Å². The van der Waals surface area contributed by atoms with Crippen molar-refractivity contribution in [2.24, 2.45) is 0 Å². The molecule has 4 rings (SSSR count). The number of aromatic nitrogens is 5. The van der Waals surface area contributed by atoms with Gasteiger partial charge in [-0.1, -0.05) is 23.4 Å². The summed E-state index contributed by atoms with van der Waals surface area (Å²) in [5, 5.41) is 5.20. The first-order chi connectivity index (χ1) is 13.1. The highest BCUT2D eigenvalue weighted by Crippen LogP contribution is 2.26. The fourth-order valence-electron chi connectivity index (χ4n) is 2.87. The van der Waals surface area contributed by atoms with Crippen LogP contribution in [-0.2, 0) is 11.2 Å². The molecule has 0 fully saturated rings. The molecule has 1 atom stereocenters. The van der Waals surface area contributed by atoms with Gasteiger partial charge in [-0.15, -0.1) is 0 Å². The maximum atomic E-state index is 12.4.